The SMILES string of the molecule is Cc1ccc(C2(c3ccc(C)cc3)c3cc(-c4ccc(/C=C5\C(=O)c6ccccc6C5=C(C#N)C#N)s4)ccc3-c3sc4c(c32)C(c2ccc(C)cc2)(c2ccc(C)cc2)c2cc(-c3ccc(/C=C5\C(=O)C6C=CC=CC6\C5=C(/C#N)C#CN)s3)ccc2-4)cc1. The van der Waals surface area contributed by atoms with Gasteiger partial charge in [0.1, 0.15) is 29.4 Å². The first kappa shape index (κ1) is 55.8. The van der Waals surface area contributed by atoms with Gasteiger partial charge >= 0.3 is 0 Å². The molecule has 10 aromatic rings. The van der Waals surface area contributed by atoms with E-state index in [4.69, 9.17) is 5.73 Å². The van der Waals surface area contributed by atoms with Crippen LogP contribution in [0.4, 0.5) is 0 Å². The number of rotatable bonds is 8. The van der Waals surface area contributed by atoms with Crippen LogP contribution in [0, 0.1) is 85.5 Å². The van der Waals surface area contributed by atoms with Gasteiger partial charge in [0.25, 0.3) is 0 Å². The Morgan fingerprint density at radius 3 is 1.36 bits per heavy atom. The highest BCUT2D eigenvalue weighted by atomic mass is 32.1. The number of nitrogens with zero attached hydrogens (tertiary/aromatic N) is 3. The molecule has 426 valence electrons. The highest BCUT2D eigenvalue weighted by Gasteiger charge is 2.58. The van der Waals surface area contributed by atoms with Crippen LogP contribution in [0.15, 0.2) is 234 Å². The van der Waals surface area contributed by atoms with Crippen molar-refractivity contribution in [1.82, 2.24) is 0 Å². The van der Waals surface area contributed by atoms with E-state index in [2.05, 4.69) is 210 Å². The molecule has 0 saturated heterocycles. The van der Waals surface area contributed by atoms with E-state index in [0.717, 1.165) is 75.1 Å². The monoisotopic (exact) mass is 1210 g/mol. The number of hydrogen-bond donors (Lipinski definition) is 1. The van der Waals surface area contributed by atoms with E-state index < -0.39 is 16.7 Å². The number of benzene rings is 7. The second-order valence-corrected chi connectivity index (χ2v) is 27.0. The third kappa shape index (κ3) is 8.33. The van der Waals surface area contributed by atoms with Crippen molar-refractivity contribution in [3.63, 3.8) is 0 Å². The third-order valence-electron chi connectivity index (χ3n) is 18.7. The number of carbonyl (C=O) groups excluding carboxylic acids is 2. The van der Waals surface area contributed by atoms with E-state index in [9.17, 15) is 25.4 Å². The average Bonchev–Trinajstić information content (AvgIpc) is 1.48. The Labute approximate surface area is 534 Å². The summed E-state index contributed by atoms with van der Waals surface area (Å²) >= 11 is 5.07. The Balaban J connectivity index is 0.953. The number of allylic oxidation sites excluding steroid dienone is 10. The summed E-state index contributed by atoms with van der Waals surface area (Å²) in [6.07, 6.45) is 11.5. The molecule has 1 saturated carbocycles. The number of carbonyl (C=O) groups is 2. The summed E-state index contributed by atoms with van der Waals surface area (Å²) in [5.41, 5.74) is 25.5. The lowest BCUT2D eigenvalue weighted by Crippen LogP contribution is -2.35. The second-order valence-electron chi connectivity index (χ2n) is 23.7. The topological polar surface area (TPSA) is 132 Å². The van der Waals surface area contributed by atoms with Gasteiger partial charge in [-0.1, -0.05) is 192 Å². The van der Waals surface area contributed by atoms with Gasteiger partial charge in [0.15, 0.2) is 11.6 Å². The summed E-state index contributed by atoms with van der Waals surface area (Å²) in [4.78, 5) is 34.6. The molecule has 5 aliphatic carbocycles. The molecule has 5 aliphatic rings. The second kappa shape index (κ2) is 21.5. The Morgan fingerprint density at radius 2 is 0.911 bits per heavy atom. The lowest BCUT2D eigenvalue weighted by molar-refractivity contribution is -0.116. The largest absolute Gasteiger partial charge is 0.359 e. The van der Waals surface area contributed by atoms with Gasteiger partial charge < -0.3 is 5.73 Å². The molecular weight excluding hydrogens is 1160 g/mol. The number of fused-ring (bicyclic) bond motifs is 9. The first-order valence-electron chi connectivity index (χ1n) is 29.7. The van der Waals surface area contributed by atoms with E-state index in [0.29, 0.717) is 33.4 Å². The van der Waals surface area contributed by atoms with Crippen molar-refractivity contribution >= 4 is 63.3 Å². The molecule has 2 atom stereocenters. The van der Waals surface area contributed by atoms with Crippen LogP contribution in [-0.4, -0.2) is 11.6 Å². The van der Waals surface area contributed by atoms with Crippen molar-refractivity contribution < 1.29 is 9.59 Å². The first-order valence-corrected chi connectivity index (χ1v) is 32.2. The molecule has 1 fully saturated rings. The van der Waals surface area contributed by atoms with Crippen LogP contribution < -0.4 is 5.73 Å². The maximum absolute atomic E-state index is 14.3. The predicted molar refractivity (Wildman–Crippen MR) is 364 cm³/mol. The average molecular weight is 1210 g/mol. The minimum absolute atomic E-state index is 0.0414. The van der Waals surface area contributed by atoms with Crippen LogP contribution in [0.2, 0.25) is 0 Å². The van der Waals surface area contributed by atoms with Gasteiger partial charge in [0.05, 0.1) is 16.7 Å². The molecule has 0 aliphatic heterocycles. The molecule has 15 rings (SSSR count). The zero-order valence-electron chi connectivity index (χ0n) is 49.4. The molecular formula is C81H52N4O2S3. The van der Waals surface area contributed by atoms with Crippen LogP contribution >= 0.6 is 34.0 Å². The Morgan fingerprint density at radius 1 is 0.478 bits per heavy atom. The molecule has 6 nitrogen and oxygen atoms in total. The normalized spacial score (nSPS) is 18.0. The molecule has 9 heteroatoms. The van der Waals surface area contributed by atoms with Crippen LogP contribution in [0.3, 0.4) is 0 Å². The smallest absolute Gasteiger partial charge is 0.194 e. The van der Waals surface area contributed by atoms with Crippen LogP contribution in [0.1, 0.15) is 92.4 Å². The quantitative estimate of drug-likeness (QED) is 0.0698. The number of Topliss-reactive ketones (excluding diaryl/α,β-unsaturated/α-hetero) is 2. The van der Waals surface area contributed by atoms with Crippen molar-refractivity contribution in [3.8, 4) is 71.9 Å². The van der Waals surface area contributed by atoms with Crippen molar-refractivity contribution in [1.29, 1.82) is 15.8 Å². The Kier molecular flexibility index (Phi) is 13.4. The maximum Gasteiger partial charge on any atom is 0.194 e. The third-order valence-corrected chi connectivity index (χ3v) is 22.1. The number of nitrogens with two attached hydrogens (primary N) is 1. The van der Waals surface area contributed by atoms with E-state index in [-0.39, 0.29) is 28.6 Å². The number of thiophene rings is 3. The van der Waals surface area contributed by atoms with Crippen LogP contribution in [0.25, 0.3) is 59.5 Å². The van der Waals surface area contributed by atoms with Gasteiger partial charge in [-0.25, -0.2) is 0 Å². The molecule has 3 heterocycles. The lowest BCUT2D eigenvalue weighted by atomic mass is 9.61. The number of ketones is 2. The van der Waals surface area contributed by atoms with Gasteiger partial charge in [-0.3, -0.25) is 9.59 Å². The van der Waals surface area contributed by atoms with Crippen LogP contribution in [0.5, 0.6) is 0 Å². The predicted octanol–water partition coefficient (Wildman–Crippen LogP) is 18.3. The Bertz CT molecular complexity index is 5080. The van der Waals surface area contributed by atoms with Crippen LogP contribution in [-0.2, 0) is 15.6 Å². The van der Waals surface area contributed by atoms with E-state index in [1.807, 2.05) is 59.9 Å². The van der Waals surface area contributed by atoms with Gasteiger partial charge in [-0.05, 0) is 160 Å². The lowest BCUT2D eigenvalue weighted by Gasteiger charge is -2.40. The van der Waals surface area contributed by atoms with Crippen molar-refractivity contribution in [2.75, 3.05) is 0 Å². The summed E-state index contributed by atoms with van der Waals surface area (Å²) in [6.45, 7) is 8.59. The molecule has 0 bridgehead atoms. The Hall–Kier alpha value is -10.8. The zero-order chi connectivity index (χ0) is 61.7. The summed E-state index contributed by atoms with van der Waals surface area (Å²) < 4.78 is 0. The summed E-state index contributed by atoms with van der Waals surface area (Å²) in [5.74, 6) is 1.83. The molecule has 0 radical (unpaired) electrons. The van der Waals surface area contributed by atoms with Gasteiger partial charge in [0, 0.05) is 63.5 Å². The first-order chi connectivity index (χ1) is 43.9. The van der Waals surface area contributed by atoms with Crippen molar-refractivity contribution in [2.45, 2.75) is 38.5 Å². The highest BCUT2D eigenvalue weighted by Crippen LogP contribution is 2.70. The minimum Gasteiger partial charge on any atom is -0.359 e. The fourth-order valence-electron chi connectivity index (χ4n) is 14.6. The summed E-state index contributed by atoms with van der Waals surface area (Å²) in [7, 11) is 0. The van der Waals surface area contributed by atoms with E-state index >= 15 is 0 Å². The standard InChI is InChI=1S/C81H52N4O2S3/c1-46-13-23-54(24-14-46)80(55-25-15-47(2)16-26-55)68-39-50(70-35-31-58(88-70)41-66-72(52(43-83)37-38-82)60-9-5-7-11-62(60)76(66)86)21-33-64(68)78-74(80)75-79(90-78)65-34-22-51(40-69(65)81(75,56-27-17-48(3)18-28-56)57-29-19-49(4)20-30-57)71-36-32-59(89-71)42-67-73(53(44-84)45-85)61-10-6-8-12-63(61)77(67)87/h5-36,39-42,60,62H,82H2,1-4H3/b66-41-,67-42-,72-52+. The number of nitriles is 3. The van der Waals surface area contributed by atoms with E-state index in [1.54, 1.807) is 40.9 Å². The van der Waals surface area contributed by atoms with Crippen molar-refractivity contribution in [3.05, 3.63) is 322 Å². The van der Waals surface area contributed by atoms with Gasteiger partial charge in [-0.15, -0.1) is 34.0 Å². The number of hydrogen-bond acceptors (Lipinski definition) is 9. The maximum atomic E-state index is 14.3. The zero-order valence-corrected chi connectivity index (χ0v) is 51.8. The minimum atomic E-state index is -0.849. The molecule has 2 unspecified atom stereocenters. The van der Waals surface area contributed by atoms with Crippen molar-refractivity contribution in [2.24, 2.45) is 17.6 Å². The van der Waals surface area contributed by atoms with Gasteiger partial charge in [0.2, 0.25) is 0 Å². The number of aryl methyl sites for hydroxylation is 4. The molecule has 7 aromatic carbocycles. The molecule has 0 spiro atoms. The summed E-state index contributed by atoms with van der Waals surface area (Å²) in [6, 6.07) is 74.8. The van der Waals surface area contributed by atoms with Gasteiger partial charge in [-0.2, -0.15) is 15.8 Å². The molecule has 0 amide bonds. The molecule has 2 N–H and O–H groups in total. The fourth-order valence-corrected chi connectivity index (χ4v) is 17.9. The molecule has 3 aromatic heterocycles. The highest BCUT2D eigenvalue weighted by molar-refractivity contribution is 7.19. The van der Waals surface area contributed by atoms with E-state index in [1.165, 1.54) is 43.1 Å². The molecule has 90 heavy (non-hydrogen) atoms. The summed E-state index contributed by atoms with van der Waals surface area (Å²) in [5, 5.41) is 30.6. The fraction of sp³-hybridized carbons (Fsp3) is 0.0988.